The van der Waals surface area contributed by atoms with Gasteiger partial charge in [-0.25, -0.2) is 12.8 Å². The van der Waals surface area contributed by atoms with Crippen molar-refractivity contribution < 1.29 is 12.8 Å². The number of sulfonamides is 1. The number of nitrogens with two attached hydrogens (primary N) is 1. The topological polar surface area (TPSA) is 63.4 Å². The van der Waals surface area contributed by atoms with Crippen molar-refractivity contribution >= 4 is 10.0 Å². The van der Waals surface area contributed by atoms with E-state index in [1.807, 2.05) is 0 Å². The van der Waals surface area contributed by atoms with Crippen LogP contribution in [0.2, 0.25) is 0 Å². The first-order valence-corrected chi connectivity index (χ1v) is 6.92. The standard InChI is InChI=1S/C11H17FN2O2S/c1-2-14(9-5-8-13)17(15,16)11-7-4-3-6-10(11)12/h3-4,6-7H,2,5,8-9,13H2,1H3. The number of halogens is 1. The van der Waals surface area contributed by atoms with Gasteiger partial charge in [0.15, 0.2) is 0 Å². The van der Waals surface area contributed by atoms with Gasteiger partial charge in [0.1, 0.15) is 10.7 Å². The highest BCUT2D eigenvalue weighted by Crippen LogP contribution is 2.18. The van der Waals surface area contributed by atoms with E-state index in [9.17, 15) is 12.8 Å². The van der Waals surface area contributed by atoms with Gasteiger partial charge in [0, 0.05) is 13.1 Å². The zero-order valence-corrected chi connectivity index (χ0v) is 10.6. The first-order chi connectivity index (χ1) is 8.04. The monoisotopic (exact) mass is 260 g/mol. The van der Waals surface area contributed by atoms with Crippen LogP contribution in [0.4, 0.5) is 4.39 Å². The van der Waals surface area contributed by atoms with E-state index >= 15 is 0 Å². The Hall–Kier alpha value is -0.980. The van der Waals surface area contributed by atoms with Crippen LogP contribution in [0.15, 0.2) is 29.2 Å². The van der Waals surface area contributed by atoms with Crippen LogP contribution in [0.1, 0.15) is 13.3 Å². The summed E-state index contributed by atoms with van der Waals surface area (Å²) in [6.45, 7) is 2.73. The van der Waals surface area contributed by atoms with Crippen LogP contribution in [0, 0.1) is 5.82 Å². The summed E-state index contributed by atoms with van der Waals surface area (Å²) in [6.07, 6.45) is 0.557. The van der Waals surface area contributed by atoms with Crippen LogP contribution >= 0.6 is 0 Å². The highest BCUT2D eigenvalue weighted by Gasteiger charge is 2.25. The summed E-state index contributed by atoms with van der Waals surface area (Å²) in [5.41, 5.74) is 5.35. The molecule has 0 radical (unpaired) electrons. The molecular formula is C11H17FN2O2S. The van der Waals surface area contributed by atoms with Crippen molar-refractivity contribution in [2.45, 2.75) is 18.2 Å². The molecule has 17 heavy (non-hydrogen) atoms. The second-order valence-electron chi connectivity index (χ2n) is 3.57. The summed E-state index contributed by atoms with van der Waals surface area (Å²) in [5, 5.41) is 0. The van der Waals surface area contributed by atoms with E-state index in [-0.39, 0.29) is 4.90 Å². The van der Waals surface area contributed by atoms with E-state index < -0.39 is 15.8 Å². The summed E-state index contributed by atoms with van der Waals surface area (Å²) in [6, 6.07) is 5.39. The average Bonchev–Trinajstić information content (AvgIpc) is 2.30. The summed E-state index contributed by atoms with van der Waals surface area (Å²) >= 11 is 0. The fraction of sp³-hybridized carbons (Fsp3) is 0.455. The molecule has 96 valence electrons. The molecule has 0 aliphatic rings. The smallest absolute Gasteiger partial charge is 0.245 e. The van der Waals surface area contributed by atoms with Gasteiger partial charge in [-0.05, 0) is 25.1 Å². The molecule has 4 nitrogen and oxygen atoms in total. The largest absolute Gasteiger partial charge is 0.330 e. The lowest BCUT2D eigenvalue weighted by Gasteiger charge is -2.20. The predicted molar refractivity (Wildman–Crippen MR) is 64.5 cm³/mol. The molecule has 0 atom stereocenters. The lowest BCUT2D eigenvalue weighted by molar-refractivity contribution is 0.419. The van der Waals surface area contributed by atoms with Crippen LogP contribution in [-0.2, 0) is 10.0 Å². The molecule has 0 aliphatic heterocycles. The van der Waals surface area contributed by atoms with E-state index in [4.69, 9.17) is 5.73 Å². The number of nitrogens with zero attached hydrogens (tertiary/aromatic N) is 1. The molecule has 1 rings (SSSR count). The highest BCUT2D eigenvalue weighted by molar-refractivity contribution is 7.89. The molecule has 0 unspecified atom stereocenters. The Kier molecular flexibility index (Phi) is 5.04. The van der Waals surface area contributed by atoms with E-state index in [2.05, 4.69) is 0 Å². The molecule has 0 saturated heterocycles. The van der Waals surface area contributed by atoms with Gasteiger partial charge >= 0.3 is 0 Å². The van der Waals surface area contributed by atoms with Gasteiger partial charge in [-0.1, -0.05) is 19.1 Å². The van der Waals surface area contributed by atoms with Crippen LogP contribution < -0.4 is 5.73 Å². The van der Waals surface area contributed by atoms with E-state index in [0.717, 1.165) is 6.07 Å². The maximum absolute atomic E-state index is 13.5. The average molecular weight is 260 g/mol. The highest BCUT2D eigenvalue weighted by atomic mass is 32.2. The van der Waals surface area contributed by atoms with E-state index in [0.29, 0.717) is 26.1 Å². The van der Waals surface area contributed by atoms with Crippen molar-refractivity contribution in [3.8, 4) is 0 Å². The van der Waals surface area contributed by atoms with Gasteiger partial charge in [0.05, 0.1) is 0 Å². The van der Waals surface area contributed by atoms with Crippen LogP contribution in [0.25, 0.3) is 0 Å². The van der Waals surface area contributed by atoms with Crippen molar-refractivity contribution in [3.63, 3.8) is 0 Å². The molecule has 0 saturated carbocycles. The molecule has 0 heterocycles. The Morgan fingerprint density at radius 3 is 2.53 bits per heavy atom. The van der Waals surface area contributed by atoms with Gasteiger partial charge in [-0.2, -0.15) is 4.31 Å². The number of rotatable bonds is 6. The van der Waals surface area contributed by atoms with Gasteiger partial charge in [-0.15, -0.1) is 0 Å². The first kappa shape index (κ1) is 14.1. The molecule has 0 fully saturated rings. The third-order valence-electron chi connectivity index (χ3n) is 2.42. The summed E-state index contributed by atoms with van der Waals surface area (Å²) in [5.74, 6) is -0.723. The normalized spacial score (nSPS) is 12.0. The molecule has 6 heteroatoms. The maximum Gasteiger partial charge on any atom is 0.245 e. The first-order valence-electron chi connectivity index (χ1n) is 5.48. The Labute approximate surface area is 101 Å². The second kappa shape index (κ2) is 6.09. The molecule has 2 N–H and O–H groups in total. The van der Waals surface area contributed by atoms with Crippen molar-refractivity contribution in [2.75, 3.05) is 19.6 Å². The van der Waals surface area contributed by atoms with Crippen LogP contribution in [-0.4, -0.2) is 32.4 Å². The summed E-state index contributed by atoms with van der Waals surface area (Å²) in [7, 11) is -3.75. The van der Waals surface area contributed by atoms with Crippen molar-refractivity contribution in [3.05, 3.63) is 30.1 Å². The van der Waals surface area contributed by atoms with Crippen molar-refractivity contribution in [2.24, 2.45) is 5.73 Å². The van der Waals surface area contributed by atoms with Crippen LogP contribution in [0.5, 0.6) is 0 Å². The SMILES string of the molecule is CCN(CCCN)S(=O)(=O)c1ccccc1F. The van der Waals surface area contributed by atoms with E-state index in [1.165, 1.54) is 22.5 Å². The second-order valence-corrected chi connectivity index (χ2v) is 5.48. The molecule has 0 bridgehead atoms. The van der Waals surface area contributed by atoms with Crippen molar-refractivity contribution in [1.82, 2.24) is 4.31 Å². The Bertz CT molecular complexity index is 462. The van der Waals surface area contributed by atoms with Gasteiger partial charge in [0.2, 0.25) is 10.0 Å². The Morgan fingerprint density at radius 2 is 2.00 bits per heavy atom. The minimum atomic E-state index is -3.75. The molecular weight excluding hydrogens is 243 g/mol. The van der Waals surface area contributed by atoms with Gasteiger partial charge in [0.25, 0.3) is 0 Å². The third kappa shape index (κ3) is 3.24. The molecule has 1 aromatic rings. The van der Waals surface area contributed by atoms with Crippen molar-refractivity contribution in [1.29, 1.82) is 0 Å². The number of benzene rings is 1. The molecule has 0 spiro atoms. The fourth-order valence-corrected chi connectivity index (χ4v) is 3.06. The molecule has 0 aromatic heterocycles. The molecule has 0 aliphatic carbocycles. The van der Waals surface area contributed by atoms with Crippen LogP contribution in [0.3, 0.4) is 0 Å². The van der Waals surface area contributed by atoms with Gasteiger partial charge < -0.3 is 5.73 Å². The summed E-state index contributed by atoms with van der Waals surface area (Å²) < 4.78 is 39.0. The lowest BCUT2D eigenvalue weighted by Crippen LogP contribution is -2.33. The third-order valence-corrected chi connectivity index (χ3v) is 4.43. The maximum atomic E-state index is 13.5. The van der Waals surface area contributed by atoms with Gasteiger partial charge in [-0.3, -0.25) is 0 Å². The minimum absolute atomic E-state index is 0.279. The number of hydrogen-bond donors (Lipinski definition) is 1. The molecule has 1 aromatic carbocycles. The summed E-state index contributed by atoms with van der Waals surface area (Å²) in [4.78, 5) is -0.279. The molecule has 0 amide bonds. The zero-order chi connectivity index (χ0) is 12.9. The predicted octanol–water partition coefficient (Wildman–Crippen LogP) is 1.19. The zero-order valence-electron chi connectivity index (χ0n) is 9.77. The lowest BCUT2D eigenvalue weighted by atomic mass is 10.3. The quantitative estimate of drug-likeness (QED) is 0.835. The Balaban J connectivity index is 3.05. The van der Waals surface area contributed by atoms with E-state index in [1.54, 1.807) is 6.92 Å². The number of hydrogen-bond acceptors (Lipinski definition) is 3. The minimum Gasteiger partial charge on any atom is -0.330 e. The Morgan fingerprint density at radius 1 is 1.35 bits per heavy atom. The fourth-order valence-electron chi connectivity index (χ4n) is 1.51.